The molecular weight excluding hydrogens is 538 g/mol. The number of Topliss-reactive ketones (excluding diaryl/α,β-unsaturated/α-hetero) is 1. The molecule has 5 aromatic rings. The summed E-state index contributed by atoms with van der Waals surface area (Å²) in [7, 11) is -4.21. The lowest BCUT2D eigenvalue weighted by atomic mass is 10.0. The second-order valence-electron chi connectivity index (χ2n) is 10.1. The number of rotatable bonds is 10. The van der Waals surface area contributed by atoms with Gasteiger partial charge < -0.3 is 4.79 Å². The van der Waals surface area contributed by atoms with Crippen molar-refractivity contribution in [2.75, 3.05) is 6.54 Å². The fraction of sp³-hybridized carbons (Fsp3) is 0.258. The highest BCUT2D eigenvalue weighted by Crippen LogP contribution is 2.29. The van der Waals surface area contributed by atoms with Crippen molar-refractivity contribution < 1.29 is 22.6 Å². The molecule has 1 amide bonds. The number of aryl methyl sites for hydroxylation is 2. The van der Waals surface area contributed by atoms with Gasteiger partial charge in [0.25, 0.3) is 15.9 Å². The maximum Gasteiger partial charge on any atom is 0.269 e. The molecule has 0 bridgehead atoms. The van der Waals surface area contributed by atoms with Crippen molar-refractivity contribution in [3.8, 4) is 0 Å². The number of nitrogens with zero attached hydrogens (tertiary/aromatic N) is 5. The highest BCUT2D eigenvalue weighted by Gasteiger charge is 2.34. The third-order valence-corrected chi connectivity index (χ3v) is 8.89. The van der Waals surface area contributed by atoms with Crippen LogP contribution in [0.25, 0.3) is 21.8 Å². The molecule has 2 heterocycles. The average Bonchev–Trinajstić information content (AvgIpc) is 3.43. The zero-order chi connectivity index (χ0) is 29.1. The van der Waals surface area contributed by atoms with E-state index in [1.165, 1.54) is 19.1 Å². The number of sulfonamides is 1. The third kappa shape index (κ3) is 5.60. The molecular formula is C31H32N5O4S+. The molecule has 0 N–H and O–H groups in total. The molecule has 10 heteroatoms. The van der Waals surface area contributed by atoms with E-state index in [1.54, 1.807) is 16.8 Å². The number of hydrogen-bond acceptors (Lipinski definition) is 6. The predicted molar refractivity (Wildman–Crippen MR) is 156 cm³/mol. The van der Waals surface area contributed by atoms with Gasteiger partial charge in [0.05, 0.1) is 27.4 Å². The summed E-state index contributed by atoms with van der Waals surface area (Å²) in [6, 6.07) is 21.4. The molecule has 0 aliphatic heterocycles. The molecule has 210 valence electrons. The largest absolute Gasteiger partial charge is 0.300 e. The predicted octanol–water partition coefficient (Wildman–Crippen LogP) is 4.45. The van der Waals surface area contributed by atoms with Crippen molar-refractivity contribution in [1.29, 1.82) is 0 Å². The highest BCUT2D eigenvalue weighted by molar-refractivity contribution is 7.89. The Morgan fingerprint density at radius 3 is 2.10 bits per heavy atom. The minimum absolute atomic E-state index is 0.0258. The van der Waals surface area contributed by atoms with E-state index in [1.807, 2.05) is 68.6 Å². The summed E-state index contributed by atoms with van der Waals surface area (Å²) >= 11 is 0. The summed E-state index contributed by atoms with van der Waals surface area (Å²) < 4.78 is 32.6. The summed E-state index contributed by atoms with van der Waals surface area (Å²) in [6.07, 6.45) is 2.28. The van der Waals surface area contributed by atoms with Gasteiger partial charge in [-0.05, 0) is 51.5 Å². The summed E-state index contributed by atoms with van der Waals surface area (Å²) in [5, 5.41) is 9.72. The smallest absolute Gasteiger partial charge is 0.269 e. The van der Waals surface area contributed by atoms with Crippen LogP contribution in [0, 0.1) is 6.92 Å². The Morgan fingerprint density at radius 1 is 0.927 bits per heavy atom. The van der Waals surface area contributed by atoms with E-state index >= 15 is 0 Å². The van der Waals surface area contributed by atoms with Crippen molar-refractivity contribution in [3.63, 3.8) is 0 Å². The molecule has 0 atom stereocenters. The van der Waals surface area contributed by atoms with E-state index in [2.05, 4.69) is 14.9 Å². The van der Waals surface area contributed by atoms with Gasteiger partial charge in [0, 0.05) is 31.6 Å². The van der Waals surface area contributed by atoms with Crippen LogP contribution in [0.3, 0.4) is 0 Å². The molecule has 0 fully saturated rings. The minimum Gasteiger partial charge on any atom is -0.300 e. The van der Waals surface area contributed by atoms with Gasteiger partial charge in [0.1, 0.15) is 11.5 Å². The third-order valence-electron chi connectivity index (χ3n) is 7.10. The normalized spacial score (nSPS) is 11.7. The van der Waals surface area contributed by atoms with Gasteiger partial charge in [-0.2, -0.15) is 4.57 Å². The van der Waals surface area contributed by atoms with Crippen LogP contribution < -0.4 is 4.57 Å². The van der Waals surface area contributed by atoms with Crippen molar-refractivity contribution in [2.24, 2.45) is 0 Å². The highest BCUT2D eigenvalue weighted by atomic mass is 32.2. The van der Waals surface area contributed by atoms with Crippen molar-refractivity contribution in [1.82, 2.24) is 19.3 Å². The molecule has 5 rings (SSSR count). The summed E-state index contributed by atoms with van der Waals surface area (Å²) in [4.78, 5) is 26.2. The molecule has 0 saturated heterocycles. The molecule has 9 nitrogen and oxygen atoms in total. The lowest BCUT2D eigenvalue weighted by Crippen LogP contribution is -2.40. The Kier molecular flexibility index (Phi) is 7.94. The minimum atomic E-state index is -4.21. The van der Waals surface area contributed by atoms with E-state index in [-0.39, 0.29) is 30.1 Å². The van der Waals surface area contributed by atoms with Gasteiger partial charge in [-0.3, -0.25) is 9.48 Å². The van der Waals surface area contributed by atoms with E-state index in [9.17, 15) is 18.0 Å². The van der Waals surface area contributed by atoms with Gasteiger partial charge in [-0.25, -0.2) is 12.7 Å². The molecule has 2 aromatic heterocycles. The first-order valence-electron chi connectivity index (χ1n) is 13.6. The number of ketones is 1. The van der Waals surface area contributed by atoms with Crippen LogP contribution in [0.15, 0.2) is 83.9 Å². The van der Waals surface area contributed by atoms with Crippen LogP contribution in [0.4, 0.5) is 0 Å². The van der Waals surface area contributed by atoms with Crippen LogP contribution >= 0.6 is 0 Å². The van der Waals surface area contributed by atoms with Crippen LogP contribution in [0.5, 0.6) is 0 Å². The van der Waals surface area contributed by atoms with Crippen molar-refractivity contribution >= 4 is 43.5 Å². The van der Waals surface area contributed by atoms with Gasteiger partial charge in [-0.1, -0.05) is 47.2 Å². The van der Waals surface area contributed by atoms with Gasteiger partial charge in [0.2, 0.25) is 11.0 Å². The molecule has 0 saturated carbocycles. The monoisotopic (exact) mass is 570 g/mol. The Bertz CT molecular complexity index is 1810. The molecule has 0 unspecified atom stereocenters. The first-order valence-corrected chi connectivity index (χ1v) is 15.0. The van der Waals surface area contributed by atoms with E-state index in [0.29, 0.717) is 29.4 Å². The fourth-order valence-electron chi connectivity index (χ4n) is 5.01. The Morgan fingerprint density at radius 2 is 1.54 bits per heavy atom. The maximum absolute atomic E-state index is 14.5. The number of aromatic nitrogens is 4. The summed E-state index contributed by atoms with van der Waals surface area (Å²) in [6.45, 7) is 6.31. The Hall–Kier alpha value is -4.44. The zero-order valence-electron chi connectivity index (χ0n) is 23.3. The van der Waals surface area contributed by atoms with Crippen LogP contribution in [0.2, 0.25) is 0 Å². The average molecular weight is 571 g/mol. The molecule has 3 aromatic carbocycles. The lowest BCUT2D eigenvalue weighted by molar-refractivity contribution is -0.636. The first kappa shape index (κ1) is 28.1. The number of carbonyl (C=O) groups is 2. The lowest BCUT2D eigenvalue weighted by Gasteiger charge is -2.24. The fourth-order valence-corrected chi connectivity index (χ4v) is 6.42. The summed E-state index contributed by atoms with van der Waals surface area (Å²) in [5.74, 6) is -0.701. The number of para-hydroxylation sites is 2. The molecule has 0 spiro atoms. The van der Waals surface area contributed by atoms with Crippen molar-refractivity contribution in [3.05, 3.63) is 95.8 Å². The Balaban J connectivity index is 1.70. The number of fused-ring (bicyclic) bond motifs is 2. The topological polar surface area (TPSA) is 106 Å². The second kappa shape index (κ2) is 11.6. The first-order chi connectivity index (χ1) is 19.7. The Labute approximate surface area is 239 Å². The molecule has 0 aliphatic carbocycles. The number of pyridine rings is 1. The summed E-state index contributed by atoms with van der Waals surface area (Å²) in [5.41, 5.74) is 3.48. The number of benzene rings is 3. The van der Waals surface area contributed by atoms with Crippen molar-refractivity contribution in [2.45, 2.75) is 51.6 Å². The van der Waals surface area contributed by atoms with Gasteiger partial charge in [-0.15, -0.1) is 5.10 Å². The quantitative estimate of drug-likeness (QED) is 0.181. The van der Waals surface area contributed by atoms with Gasteiger partial charge >= 0.3 is 0 Å². The molecule has 41 heavy (non-hydrogen) atoms. The van der Waals surface area contributed by atoms with Crippen LogP contribution in [-0.4, -0.2) is 46.0 Å². The number of hydrogen-bond donors (Lipinski definition) is 0. The molecule has 0 radical (unpaired) electrons. The number of carbonyl (C=O) groups excluding carboxylic acids is 2. The maximum atomic E-state index is 14.5. The van der Waals surface area contributed by atoms with E-state index < -0.39 is 15.9 Å². The van der Waals surface area contributed by atoms with Crippen LogP contribution in [0.1, 0.15) is 48.3 Å². The molecule has 0 aliphatic rings. The second-order valence-corrected chi connectivity index (χ2v) is 11.9. The zero-order valence-corrected chi connectivity index (χ0v) is 24.1. The standard InChI is InChI=1S/C31H32N5O4S/c1-4-34-20-24(32-33-34)21-35-28-13-7-5-11-26(28)30(27-12-6-8-14-29(27)35)31(38)36(19-9-10-23(3)37)41(39,40)25-17-15-22(2)16-18-25/h5-8,11-18,20H,4,9-10,19,21H2,1-3H3/q+1. The number of amides is 1. The van der Waals surface area contributed by atoms with Crippen LogP contribution in [-0.2, 0) is 27.9 Å². The van der Waals surface area contributed by atoms with Gasteiger partial charge in [0.15, 0.2) is 6.54 Å². The SMILES string of the molecule is CCn1cc(C[n+]2c3ccccc3c(C(=O)N(CCCC(C)=O)S(=O)(=O)c3ccc(C)cc3)c3ccccc32)nn1. The van der Waals surface area contributed by atoms with E-state index in [0.717, 1.165) is 26.6 Å². The van der Waals surface area contributed by atoms with E-state index in [4.69, 9.17) is 0 Å².